The minimum Gasteiger partial charge on any atom is -0.463 e. The number of aromatic nitrogens is 2. The van der Waals surface area contributed by atoms with Crippen molar-refractivity contribution in [2.75, 3.05) is 24.0 Å². The van der Waals surface area contributed by atoms with E-state index in [1.54, 1.807) is 27.7 Å². The van der Waals surface area contributed by atoms with Gasteiger partial charge >= 0.3 is 18.0 Å². The van der Waals surface area contributed by atoms with E-state index in [4.69, 9.17) is 18.9 Å². The van der Waals surface area contributed by atoms with Gasteiger partial charge in [-0.3, -0.25) is 19.7 Å². The summed E-state index contributed by atoms with van der Waals surface area (Å²) in [5.41, 5.74) is -2.58. The highest BCUT2D eigenvalue weighted by Crippen LogP contribution is 2.45. The highest BCUT2D eigenvalue weighted by Gasteiger charge is 2.54. The molecule has 0 aromatic carbocycles. The van der Waals surface area contributed by atoms with Gasteiger partial charge in [0.25, 0.3) is 5.56 Å². The summed E-state index contributed by atoms with van der Waals surface area (Å²) < 4.78 is 22.3. The predicted octanol–water partition coefficient (Wildman–Crippen LogP) is 1.40. The highest BCUT2D eigenvalue weighted by molar-refractivity contribution is 6.12. The number of nitrogens with zero attached hydrogens (tertiary/aromatic N) is 3. The number of hydrogen-bond acceptors (Lipinski definition) is 13. The lowest BCUT2D eigenvalue weighted by Gasteiger charge is -2.28. The number of aliphatic hydroxyl groups excluding tert-OH is 1. The molecule has 4 heterocycles. The molecular formula is C25H31N5O10. The fourth-order valence-electron chi connectivity index (χ4n) is 4.19. The van der Waals surface area contributed by atoms with E-state index in [1.165, 1.54) is 24.0 Å². The van der Waals surface area contributed by atoms with Crippen LogP contribution in [-0.4, -0.2) is 75.3 Å². The first kappa shape index (κ1) is 28.9. The zero-order valence-electron chi connectivity index (χ0n) is 22.5. The third kappa shape index (κ3) is 5.61. The SMILES string of the molecule is CC(C)C(=O)OCOC(=O)Nc1cc(=O)nc2c3c(n([C@@H]4O[C@H](COC(=O)C(C)C)[C@@H](O)[C@]4(C)O)cc13)N=CN2. The van der Waals surface area contributed by atoms with Crippen LogP contribution in [0.15, 0.2) is 22.1 Å². The van der Waals surface area contributed by atoms with E-state index < -0.39 is 66.3 Å². The first-order valence-corrected chi connectivity index (χ1v) is 12.5. The summed E-state index contributed by atoms with van der Waals surface area (Å²) in [6.07, 6.45) is -1.99. The van der Waals surface area contributed by atoms with Crippen molar-refractivity contribution in [1.29, 1.82) is 0 Å². The molecular weight excluding hydrogens is 530 g/mol. The van der Waals surface area contributed by atoms with E-state index in [2.05, 4.69) is 20.6 Å². The van der Waals surface area contributed by atoms with Gasteiger partial charge in [-0.05, 0) is 6.92 Å². The first-order valence-electron chi connectivity index (χ1n) is 12.5. The second-order valence-corrected chi connectivity index (χ2v) is 10.2. The van der Waals surface area contributed by atoms with Crippen LogP contribution in [0.2, 0.25) is 0 Å². The minimum atomic E-state index is -1.87. The van der Waals surface area contributed by atoms with Crippen LogP contribution in [-0.2, 0) is 28.5 Å². The van der Waals surface area contributed by atoms with Crippen molar-refractivity contribution in [3.8, 4) is 0 Å². The van der Waals surface area contributed by atoms with Crippen LogP contribution in [0.1, 0.15) is 40.8 Å². The summed E-state index contributed by atoms with van der Waals surface area (Å²) in [6, 6.07) is 1.06. The monoisotopic (exact) mass is 561 g/mol. The summed E-state index contributed by atoms with van der Waals surface area (Å²) in [5.74, 6) is -1.54. The average molecular weight is 562 g/mol. The van der Waals surface area contributed by atoms with Crippen molar-refractivity contribution >= 4 is 52.5 Å². The molecule has 1 amide bonds. The molecule has 15 nitrogen and oxygen atoms in total. The average Bonchev–Trinajstić information content (AvgIpc) is 3.32. The molecule has 0 bridgehead atoms. The van der Waals surface area contributed by atoms with Gasteiger partial charge in [0, 0.05) is 17.6 Å². The van der Waals surface area contributed by atoms with Gasteiger partial charge in [0.15, 0.2) is 6.23 Å². The Bertz CT molecular complexity index is 1420. The van der Waals surface area contributed by atoms with E-state index >= 15 is 0 Å². The number of ether oxygens (including phenoxy) is 4. The third-order valence-electron chi connectivity index (χ3n) is 6.38. The smallest absolute Gasteiger partial charge is 0.414 e. The van der Waals surface area contributed by atoms with Gasteiger partial charge in [0.1, 0.15) is 36.1 Å². The van der Waals surface area contributed by atoms with Gasteiger partial charge < -0.3 is 39.0 Å². The van der Waals surface area contributed by atoms with Crippen molar-refractivity contribution in [3.05, 3.63) is 22.6 Å². The van der Waals surface area contributed by atoms with E-state index in [0.717, 1.165) is 6.07 Å². The van der Waals surface area contributed by atoms with E-state index in [0.29, 0.717) is 5.39 Å². The molecule has 0 saturated carbocycles. The molecule has 15 heteroatoms. The number of anilines is 2. The van der Waals surface area contributed by atoms with Crippen molar-refractivity contribution < 1.29 is 43.5 Å². The Kier molecular flexibility index (Phi) is 8.09. The van der Waals surface area contributed by atoms with Gasteiger partial charge in [-0.15, -0.1) is 0 Å². The molecule has 2 aliphatic heterocycles. The van der Waals surface area contributed by atoms with Crippen LogP contribution in [0, 0.1) is 11.8 Å². The normalized spacial score (nSPS) is 23.3. The summed E-state index contributed by atoms with van der Waals surface area (Å²) in [4.78, 5) is 56.8. The summed E-state index contributed by atoms with van der Waals surface area (Å²) in [6.45, 7) is 6.98. The Morgan fingerprint density at radius 1 is 1.18 bits per heavy atom. The maximum absolute atomic E-state index is 12.5. The van der Waals surface area contributed by atoms with Crippen LogP contribution in [0.4, 0.5) is 22.1 Å². The second-order valence-electron chi connectivity index (χ2n) is 10.2. The topological polar surface area (TPSA) is 200 Å². The molecule has 40 heavy (non-hydrogen) atoms. The molecule has 0 aliphatic carbocycles. The number of amides is 1. The van der Waals surface area contributed by atoms with Crippen molar-refractivity contribution in [1.82, 2.24) is 9.55 Å². The number of rotatable bonds is 8. The number of aliphatic hydroxyl groups is 2. The lowest BCUT2D eigenvalue weighted by atomic mass is 9.96. The van der Waals surface area contributed by atoms with Crippen LogP contribution in [0.3, 0.4) is 0 Å². The summed E-state index contributed by atoms with van der Waals surface area (Å²) in [5, 5.41) is 27.9. The van der Waals surface area contributed by atoms with Gasteiger partial charge in [-0.1, -0.05) is 27.7 Å². The molecule has 4 rings (SSSR count). The van der Waals surface area contributed by atoms with Gasteiger partial charge in [-0.2, -0.15) is 4.98 Å². The molecule has 4 N–H and O–H groups in total. The molecule has 2 aliphatic rings. The van der Waals surface area contributed by atoms with Crippen LogP contribution < -0.4 is 16.2 Å². The number of hydrogen-bond donors (Lipinski definition) is 4. The Labute approximate surface area is 228 Å². The summed E-state index contributed by atoms with van der Waals surface area (Å²) in [7, 11) is 0. The van der Waals surface area contributed by atoms with E-state index in [-0.39, 0.29) is 29.3 Å². The van der Waals surface area contributed by atoms with E-state index in [1.807, 2.05) is 0 Å². The predicted molar refractivity (Wildman–Crippen MR) is 140 cm³/mol. The number of aliphatic imine (C=N–C) groups is 1. The molecule has 2 aromatic rings. The maximum Gasteiger partial charge on any atom is 0.414 e. The zero-order chi connectivity index (χ0) is 29.4. The number of carbonyl (C=O) groups excluding carboxylic acids is 3. The standard InChI is InChI=1S/C25H31N5O10/c1-11(2)21(33)37-8-15-18(32)25(5,36)23(40-15)30-7-13-14(28-24(35)39-10-38-22(34)12(3)4)6-16(31)29-19-17(13)20(30)27-9-26-19/h6-7,9,11-12,15,18,23,32,36H,8,10H2,1-5H3,(H,28,35)(H,26,27,29,31)/t15-,18-,23-,25+/m1/s1. The molecule has 216 valence electrons. The highest BCUT2D eigenvalue weighted by atomic mass is 16.7. The minimum absolute atomic E-state index is 0.0153. The maximum atomic E-state index is 12.5. The molecule has 0 unspecified atom stereocenters. The number of nitrogens with one attached hydrogen (secondary N) is 2. The largest absolute Gasteiger partial charge is 0.463 e. The lowest BCUT2D eigenvalue weighted by Crippen LogP contribution is -2.44. The Hall–Kier alpha value is -4.08. The Morgan fingerprint density at radius 2 is 1.85 bits per heavy atom. The molecule has 2 aromatic heterocycles. The zero-order valence-corrected chi connectivity index (χ0v) is 22.5. The van der Waals surface area contributed by atoms with Gasteiger partial charge in [-0.25, -0.2) is 9.79 Å². The summed E-state index contributed by atoms with van der Waals surface area (Å²) >= 11 is 0. The van der Waals surface area contributed by atoms with Gasteiger partial charge in [0.05, 0.1) is 29.2 Å². The molecule has 1 fully saturated rings. The first-order chi connectivity index (χ1) is 18.8. The number of carbonyl (C=O) groups is 3. The molecule has 4 atom stereocenters. The van der Waals surface area contributed by atoms with Crippen molar-refractivity contribution in [3.63, 3.8) is 0 Å². The van der Waals surface area contributed by atoms with Crippen molar-refractivity contribution in [2.45, 2.75) is 58.7 Å². The quantitative estimate of drug-likeness (QED) is 0.267. The van der Waals surface area contributed by atoms with Crippen LogP contribution in [0.25, 0.3) is 10.8 Å². The lowest BCUT2D eigenvalue weighted by molar-refractivity contribution is -0.155. The third-order valence-corrected chi connectivity index (χ3v) is 6.38. The second kappa shape index (κ2) is 11.2. The Morgan fingerprint density at radius 3 is 2.52 bits per heavy atom. The molecule has 1 saturated heterocycles. The number of esters is 2. The molecule has 0 spiro atoms. The fraction of sp³-hybridized carbons (Fsp3) is 0.520. The molecule has 0 radical (unpaired) electrons. The van der Waals surface area contributed by atoms with Crippen LogP contribution >= 0.6 is 0 Å². The van der Waals surface area contributed by atoms with E-state index in [9.17, 15) is 29.4 Å². The fourth-order valence-corrected chi connectivity index (χ4v) is 4.19. The Balaban J connectivity index is 1.68. The van der Waals surface area contributed by atoms with Crippen molar-refractivity contribution in [2.24, 2.45) is 16.8 Å². The van der Waals surface area contributed by atoms with Crippen LogP contribution in [0.5, 0.6) is 0 Å². The van der Waals surface area contributed by atoms with Gasteiger partial charge in [0.2, 0.25) is 6.79 Å².